The molecule has 17 unspecified atom stereocenters. The maximum atomic E-state index is 12.2. The van der Waals surface area contributed by atoms with Gasteiger partial charge in [-0.25, -0.2) is 0 Å². The molecule has 0 radical (unpaired) electrons. The summed E-state index contributed by atoms with van der Waals surface area (Å²) in [5, 5.41) is 87.7. The van der Waals surface area contributed by atoms with Gasteiger partial charge in [0.1, 0.15) is 24.4 Å². The highest BCUT2D eigenvalue weighted by molar-refractivity contribution is 5.35. The molecule has 1 heterocycles. The lowest BCUT2D eigenvalue weighted by atomic mass is 9.35. The van der Waals surface area contributed by atoms with Gasteiger partial charge in [-0.2, -0.15) is 0 Å². The zero-order valence-electron chi connectivity index (χ0n) is 28.7. The molecule has 0 aromatic heterocycles. The van der Waals surface area contributed by atoms with E-state index in [0.717, 1.165) is 19.3 Å². The first kappa shape index (κ1) is 35.2. The maximum Gasteiger partial charge on any atom is 0.187 e. The lowest BCUT2D eigenvalue weighted by molar-refractivity contribution is -0.337. The van der Waals surface area contributed by atoms with Crippen LogP contribution >= 0.6 is 0 Å². The third-order valence-electron chi connectivity index (χ3n) is 15.2. The quantitative estimate of drug-likeness (QED) is 0.161. The maximum absolute atomic E-state index is 12.2. The Bertz CT molecular complexity index is 1190. The van der Waals surface area contributed by atoms with E-state index in [1.807, 2.05) is 13.8 Å². The molecule has 264 valence electrons. The van der Waals surface area contributed by atoms with Crippen molar-refractivity contribution in [2.24, 2.45) is 56.7 Å². The smallest absolute Gasteiger partial charge is 0.187 e. The first-order valence-corrected chi connectivity index (χ1v) is 17.7. The second-order valence-corrected chi connectivity index (χ2v) is 17.8. The van der Waals surface area contributed by atoms with Gasteiger partial charge in [0.25, 0.3) is 0 Å². The number of aliphatic hydroxyl groups is 8. The minimum absolute atomic E-state index is 0.0586. The predicted octanol–water partition coefficient (Wildman–Crippen LogP) is 1.73. The Morgan fingerprint density at radius 3 is 2.13 bits per heavy atom. The number of hydrogen-bond donors (Lipinski definition) is 8. The van der Waals surface area contributed by atoms with Gasteiger partial charge < -0.3 is 50.3 Å². The fraction of sp³-hybridized carbons (Fsp3) is 0.944. The molecule has 8 N–H and O–H groups in total. The monoisotopic (exact) mass is 652 g/mol. The molecular weight excluding hydrogens is 592 g/mol. The molecule has 1 saturated heterocycles. The molecule has 5 aliphatic carbocycles. The van der Waals surface area contributed by atoms with E-state index in [-0.39, 0.29) is 46.5 Å². The Labute approximate surface area is 273 Å². The summed E-state index contributed by atoms with van der Waals surface area (Å²) >= 11 is 0. The fourth-order valence-electron chi connectivity index (χ4n) is 12.9. The highest BCUT2D eigenvalue weighted by Gasteiger charge is 2.73. The highest BCUT2D eigenvalue weighted by atomic mass is 16.7. The van der Waals surface area contributed by atoms with Gasteiger partial charge in [0.05, 0.1) is 31.0 Å². The Morgan fingerprint density at radius 1 is 0.848 bits per heavy atom. The lowest BCUT2D eigenvalue weighted by Gasteiger charge is -2.70. The lowest BCUT2D eigenvalue weighted by Crippen LogP contribution is -2.68. The Balaban J connectivity index is 1.34. The van der Waals surface area contributed by atoms with E-state index >= 15 is 0 Å². The normalized spacial score (nSPS) is 56.4. The first-order valence-electron chi connectivity index (χ1n) is 17.7. The zero-order valence-corrected chi connectivity index (χ0v) is 28.7. The van der Waals surface area contributed by atoms with E-state index in [1.165, 1.54) is 5.57 Å². The van der Waals surface area contributed by atoms with E-state index in [4.69, 9.17) is 9.47 Å². The van der Waals surface area contributed by atoms with Gasteiger partial charge in [-0.3, -0.25) is 0 Å². The van der Waals surface area contributed by atoms with Crippen LogP contribution in [0.1, 0.15) is 87.0 Å². The molecule has 4 saturated carbocycles. The summed E-state index contributed by atoms with van der Waals surface area (Å²) in [6.07, 6.45) is -3.91. The topological polar surface area (TPSA) is 180 Å². The van der Waals surface area contributed by atoms with Crippen molar-refractivity contribution in [1.29, 1.82) is 0 Å². The van der Waals surface area contributed by atoms with Gasteiger partial charge >= 0.3 is 0 Å². The third kappa shape index (κ3) is 4.50. The van der Waals surface area contributed by atoms with Gasteiger partial charge in [0.2, 0.25) is 0 Å². The van der Waals surface area contributed by atoms with Gasteiger partial charge in [0, 0.05) is 17.9 Å². The molecule has 46 heavy (non-hydrogen) atoms. The second-order valence-electron chi connectivity index (χ2n) is 17.8. The van der Waals surface area contributed by atoms with Crippen LogP contribution in [-0.2, 0) is 9.47 Å². The largest absolute Gasteiger partial charge is 0.396 e. The minimum Gasteiger partial charge on any atom is -0.396 e. The van der Waals surface area contributed by atoms with Crippen molar-refractivity contribution in [2.45, 2.75) is 142 Å². The average molecular weight is 653 g/mol. The Hall–Kier alpha value is -0.660. The fourth-order valence-corrected chi connectivity index (χ4v) is 12.9. The molecule has 10 nitrogen and oxygen atoms in total. The summed E-state index contributed by atoms with van der Waals surface area (Å²) in [4.78, 5) is 0. The van der Waals surface area contributed by atoms with Crippen molar-refractivity contribution >= 4 is 0 Å². The molecule has 0 aromatic rings. The summed E-state index contributed by atoms with van der Waals surface area (Å²) in [6, 6.07) is 0. The summed E-state index contributed by atoms with van der Waals surface area (Å²) < 4.78 is 11.9. The summed E-state index contributed by atoms with van der Waals surface area (Å²) in [5.41, 5.74) is -1.03. The van der Waals surface area contributed by atoms with Crippen LogP contribution in [0.3, 0.4) is 0 Å². The molecule has 6 rings (SSSR count). The standard InChI is InChI=1S/C36H60O10/c1-17(2)19-12-21(40)29-35(7)9-8-18-25(34(35,6)10-11-36(19,29)16-38)20(39)13-24-32(3,4)30(22(41)14-33(18,24)5)46-31-28(44)27(43)26(42)23(15-37)45-31/h8,17,19-31,37-44H,9-16H2,1-7H3. The van der Waals surface area contributed by atoms with Crippen molar-refractivity contribution in [3.8, 4) is 0 Å². The number of aliphatic hydroxyl groups excluding tert-OH is 8. The number of ether oxygens (including phenoxy) is 2. The van der Waals surface area contributed by atoms with Crippen molar-refractivity contribution in [3.63, 3.8) is 0 Å². The van der Waals surface area contributed by atoms with Crippen LogP contribution in [-0.4, -0.2) is 109 Å². The molecule has 17 atom stereocenters. The van der Waals surface area contributed by atoms with Crippen molar-refractivity contribution < 1.29 is 50.3 Å². The number of allylic oxidation sites excluding steroid dienone is 1. The molecular formula is C36H60O10. The molecule has 0 aromatic carbocycles. The first-order chi connectivity index (χ1) is 21.4. The Morgan fingerprint density at radius 2 is 1.52 bits per heavy atom. The molecule has 0 bridgehead atoms. The molecule has 6 aliphatic rings. The number of hydrogen-bond acceptors (Lipinski definition) is 10. The molecule has 5 fully saturated rings. The number of rotatable bonds is 5. The van der Waals surface area contributed by atoms with Crippen LogP contribution in [0.4, 0.5) is 0 Å². The highest BCUT2D eigenvalue weighted by Crippen LogP contribution is 2.76. The zero-order chi connectivity index (χ0) is 33.9. The number of fused-ring (bicyclic) bond motifs is 7. The van der Waals surface area contributed by atoms with Crippen LogP contribution in [0, 0.1) is 56.7 Å². The average Bonchev–Trinajstić information content (AvgIpc) is 3.30. The van der Waals surface area contributed by atoms with Crippen molar-refractivity contribution in [2.75, 3.05) is 13.2 Å². The van der Waals surface area contributed by atoms with Crippen LogP contribution in [0.15, 0.2) is 11.6 Å². The summed E-state index contributed by atoms with van der Waals surface area (Å²) in [6.45, 7) is 14.7. The Kier molecular flexibility index (Phi) is 8.74. The van der Waals surface area contributed by atoms with Crippen LogP contribution in [0.25, 0.3) is 0 Å². The molecule has 0 amide bonds. The van der Waals surface area contributed by atoms with Crippen molar-refractivity contribution in [3.05, 3.63) is 11.6 Å². The molecule has 1 aliphatic heterocycles. The summed E-state index contributed by atoms with van der Waals surface area (Å²) in [5.74, 6) is 0.221. The van der Waals surface area contributed by atoms with Crippen LogP contribution in [0.2, 0.25) is 0 Å². The third-order valence-corrected chi connectivity index (χ3v) is 15.2. The van der Waals surface area contributed by atoms with Gasteiger partial charge in [-0.05, 0) is 83.9 Å². The van der Waals surface area contributed by atoms with Crippen molar-refractivity contribution in [1.82, 2.24) is 0 Å². The summed E-state index contributed by atoms with van der Waals surface area (Å²) in [7, 11) is 0. The van der Waals surface area contributed by atoms with Crippen LogP contribution < -0.4 is 0 Å². The van der Waals surface area contributed by atoms with Crippen LogP contribution in [0.5, 0.6) is 0 Å². The molecule has 10 heteroatoms. The second kappa shape index (κ2) is 11.4. The van der Waals surface area contributed by atoms with Gasteiger partial charge in [-0.15, -0.1) is 0 Å². The van der Waals surface area contributed by atoms with E-state index in [0.29, 0.717) is 25.2 Å². The van der Waals surface area contributed by atoms with Gasteiger partial charge in [-0.1, -0.05) is 60.1 Å². The minimum atomic E-state index is -1.58. The molecule has 0 spiro atoms. The SMILES string of the molecule is CC(C)C1CC(O)C2C1(CO)CCC1(C)C3C(=CCC21C)C1(C)CC(O)C(OC2OC(CO)C(O)C(O)C2O)C(C)(C)C1CC3O. The van der Waals surface area contributed by atoms with Gasteiger partial charge in [0.15, 0.2) is 6.29 Å². The predicted molar refractivity (Wildman–Crippen MR) is 169 cm³/mol. The van der Waals surface area contributed by atoms with E-state index in [1.54, 1.807) is 0 Å². The van der Waals surface area contributed by atoms with E-state index in [9.17, 15) is 40.9 Å². The van der Waals surface area contributed by atoms with E-state index in [2.05, 4.69) is 40.7 Å². The van der Waals surface area contributed by atoms with E-state index < -0.39 is 72.6 Å².